The van der Waals surface area contributed by atoms with Crippen molar-refractivity contribution in [3.8, 4) is 0 Å². The van der Waals surface area contributed by atoms with E-state index in [9.17, 15) is 0 Å². The Bertz CT molecular complexity index is 129. The summed E-state index contributed by atoms with van der Waals surface area (Å²) in [5.74, 6) is 3.67. The van der Waals surface area contributed by atoms with Crippen LogP contribution in [0.15, 0.2) is 0 Å². The summed E-state index contributed by atoms with van der Waals surface area (Å²) in [7, 11) is 0. The monoisotopic (exact) mass is 157 g/mol. The topological polar surface area (TPSA) is 26.0 Å². The fourth-order valence-corrected chi connectivity index (χ4v) is 3.46. The molecule has 1 aliphatic carbocycles. The van der Waals surface area contributed by atoms with Gasteiger partial charge in [0.2, 0.25) is 0 Å². The lowest BCUT2D eigenvalue weighted by Gasteiger charge is -2.21. The molecule has 1 aliphatic heterocycles. The van der Waals surface area contributed by atoms with Crippen molar-refractivity contribution in [1.29, 1.82) is 0 Å². The number of hydrogen-bond acceptors (Lipinski definition) is 2. The third-order valence-corrected chi connectivity index (χ3v) is 4.12. The molecule has 1 spiro atoms. The van der Waals surface area contributed by atoms with E-state index in [4.69, 9.17) is 5.73 Å². The van der Waals surface area contributed by atoms with Gasteiger partial charge in [0.25, 0.3) is 0 Å². The van der Waals surface area contributed by atoms with E-state index in [0.29, 0.717) is 0 Å². The molecule has 1 saturated carbocycles. The van der Waals surface area contributed by atoms with Crippen molar-refractivity contribution in [3.05, 3.63) is 0 Å². The van der Waals surface area contributed by atoms with Gasteiger partial charge in [-0.15, -0.1) is 0 Å². The first-order chi connectivity index (χ1) is 4.87. The van der Waals surface area contributed by atoms with Gasteiger partial charge in [-0.25, -0.2) is 0 Å². The highest BCUT2D eigenvalue weighted by molar-refractivity contribution is 7.99. The van der Waals surface area contributed by atoms with Crippen molar-refractivity contribution in [2.45, 2.75) is 19.3 Å². The average Bonchev–Trinajstić information content (AvgIpc) is 2.65. The van der Waals surface area contributed by atoms with E-state index in [0.717, 1.165) is 17.9 Å². The first kappa shape index (κ1) is 6.99. The quantitative estimate of drug-likeness (QED) is 0.624. The standard InChI is InChI=1S/C8H15NS/c9-6-7-5-8(7)1-3-10-4-2-8/h7H,1-6,9H2/t7-/m0/s1. The second-order valence-corrected chi connectivity index (χ2v) is 4.84. The van der Waals surface area contributed by atoms with Gasteiger partial charge in [-0.2, -0.15) is 11.8 Å². The zero-order valence-corrected chi connectivity index (χ0v) is 7.12. The number of hydrogen-bond donors (Lipinski definition) is 1. The van der Waals surface area contributed by atoms with Gasteiger partial charge in [0.1, 0.15) is 0 Å². The Morgan fingerprint density at radius 3 is 2.60 bits per heavy atom. The van der Waals surface area contributed by atoms with Gasteiger partial charge in [-0.3, -0.25) is 0 Å². The van der Waals surface area contributed by atoms with Gasteiger partial charge in [0.15, 0.2) is 0 Å². The van der Waals surface area contributed by atoms with E-state index in [-0.39, 0.29) is 0 Å². The van der Waals surface area contributed by atoms with Crippen molar-refractivity contribution in [2.75, 3.05) is 18.1 Å². The highest BCUT2D eigenvalue weighted by atomic mass is 32.2. The van der Waals surface area contributed by atoms with E-state index >= 15 is 0 Å². The van der Waals surface area contributed by atoms with Crippen LogP contribution in [0.1, 0.15) is 19.3 Å². The van der Waals surface area contributed by atoms with Gasteiger partial charge in [0, 0.05) is 0 Å². The smallest absolute Gasteiger partial charge is 0.00433 e. The second kappa shape index (κ2) is 2.42. The summed E-state index contributed by atoms with van der Waals surface area (Å²) in [6.45, 7) is 0.935. The van der Waals surface area contributed by atoms with E-state index in [1.54, 1.807) is 0 Å². The number of nitrogens with two attached hydrogens (primary N) is 1. The molecule has 2 heteroatoms. The largest absolute Gasteiger partial charge is 0.330 e. The second-order valence-electron chi connectivity index (χ2n) is 3.61. The van der Waals surface area contributed by atoms with Crippen molar-refractivity contribution in [1.82, 2.24) is 0 Å². The van der Waals surface area contributed by atoms with Crippen molar-refractivity contribution in [2.24, 2.45) is 17.1 Å². The lowest BCUT2D eigenvalue weighted by atomic mass is 9.96. The summed E-state index contributed by atoms with van der Waals surface area (Å²) in [4.78, 5) is 0. The Morgan fingerprint density at radius 2 is 2.10 bits per heavy atom. The number of thioether (sulfide) groups is 1. The molecule has 1 nitrogen and oxygen atoms in total. The SMILES string of the molecule is NC[C@@H]1CC12CCSCC2. The Morgan fingerprint density at radius 1 is 1.40 bits per heavy atom. The molecule has 0 radical (unpaired) electrons. The molecule has 1 atom stereocenters. The molecule has 0 aromatic carbocycles. The van der Waals surface area contributed by atoms with Gasteiger partial charge in [0.05, 0.1) is 0 Å². The van der Waals surface area contributed by atoms with Crippen LogP contribution < -0.4 is 5.73 Å². The predicted octanol–water partition coefficient (Wildman–Crippen LogP) is 1.48. The zero-order valence-electron chi connectivity index (χ0n) is 6.31. The molecule has 1 heterocycles. The Balaban J connectivity index is 1.92. The molecule has 0 aromatic rings. The molecule has 0 aromatic heterocycles. The molecule has 10 heavy (non-hydrogen) atoms. The maximum atomic E-state index is 5.63. The van der Waals surface area contributed by atoms with Gasteiger partial charge in [-0.05, 0) is 48.6 Å². The van der Waals surface area contributed by atoms with Gasteiger partial charge < -0.3 is 5.73 Å². The summed E-state index contributed by atoms with van der Waals surface area (Å²) < 4.78 is 0. The summed E-state index contributed by atoms with van der Waals surface area (Å²) >= 11 is 2.11. The van der Waals surface area contributed by atoms with E-state index in [2.05, 4.69) is 11.8 Å². The van der Waals surface area contributed by atoms with Crippen LogP contribution in [0.25, 0.3) is 0 Å². The highest BCUT2D eigenvalue weighted by Crippen LogP contribution is 2.59. The average molecular weight is 157 g/mol. The minimum atomic E-state index is 0.750. The van der Waals surface area contributed by atoms with E-state index < -0.39 is 0 Å². The van der Waals surface area contributed by atoms with Crippen LogP contribution in [-0.2, 0) is 0 Å². The Labute approximate surface area is 66.7 Å². The molecule has 0 bridgehead atoms. The molecular formula is C8H15NS. The normalized spacial score (nSPS) is 36.3. The fraction of sp³-hybridized carbons (Fsp3) is 1.00. The zero-order chi connectivity index (χ0) is 7.03. The van der Waals surface area contributed by atoms with Crippen LogP contribution in [0.4, 0.5) is 0 Å². The van der Waals surface area contributed by atoms with Crippen molar-refractivity contribution in [3.63, 3.8) is 0 Å². The first-order valence-corrected chi connectivity index (χ1v) is 5.31. The third-order valence-electron chi connectivity index (χ3n) is 3.13. The summed E-state index contributed by atoms with van der Waals surface area (Å²) in [5, 5.41) is 0. The van der Waals surface area contributed by atoms with Crippen LogP contribution in [-0.4, -0.2) is 18.1 Å². The van der Waals surface area contributed by atoms with E-state index in [1.165, 1.54) is 30.8 Å². The van der Waals surface area contributed by atoms with Crippen molar-refractivity contribution < 1.29 is 0 Å². The first-order valence-electron chi connectivity index (χ1n) is 4.15. The lowest BCUT2D eigenvalue weighted by Crippen LogP contribution is -2.16. The highest BCUT2D eigenvalue weighted by Gasteiger charge is 2.52. The molecule has 0 unspecified atom stereocenters. The molecular weight excluding hydrogens is 142 g/mol. The maximum Gasteiger partial charge on any atom is -0.00433 e. The number of rotatable bonds is 1. The molecule has 2 fully saturated rings. The minimum absolute atomic E-state index is 0.750. The van der Waals surface area contributed by atoms with Crippen LogP contribution in [0.3, 0.4) is 0 Å². The minimum Gasteiger partial charge on any atom is -0.330 e. The fourth-order valence-electron chi connectivity index (χ4n) is 2.16. The molecule has 2 N–H and O–H groups in total. The molecule has 2 rings (SSSR count). The molecule has 2 aliphatic rings. The van der Waals surface area contributed by atoms with Crippen LogP contribution in [0.2, 0.25) is 0 Å². The maximum absolute atomic E-state index is 5.63. The molecule has 0 amide bonds. The van der Waals surface area contributed by atoms with Crippen molar-refractivity contribution >= 4 is 11.8 Å². The molecule has 58 valence electrons. The predicted molar refractivity (Wildman–Crippen MR) is 46.2 cm³/mol. The molecule has 1 saturated heterocycles. The van der Waals surface area contributed by atoms with Gasteiger partial charge in [-0.1, -0.05) is 0 Å². The summed E-state index contributed by atoms with van der Waals surface area (Å²) in [6.07, 6.45) is 4.32. The third kappa shape index (κ3) is 0.978. The summed E-state index contributed by atoms with van der Waals surface area (Å²) in [5.41, 5.74) is 6.38. The van der Waals surface area contributed by atoms with E-state index in [1.807, 2.05) is 0 Å². The van der Waals surface area contributed by atoms with Crippen LogP contribution in [0, 0.1) is 11.3 Å². The summed E-state index contributed by atoms with van der Waals surface area (Å²) in [6, 6.07) is 0. The van der Waals surface area contributed by atoms with Gasteiger partial charge >= 0.3 is 0 Å². The van der Waals surface area contributed by atoms with Crippen LogP contribution >= 0.6 is 11.8 Å². The van der Waals surface area contributed by atoms with Crippen LogP contribution in [0.5, 0.6) is 0 Å². The Hall–Kier alpha value is 0.310. The Kier molecular flexibility index (Phi) is 1.69. The lowest BCUT2D eigenvalue weighted by molar-refractivity contribution is 0.422.